The number of hydrogen-bond donors (Lipinski definition) is 1. The molecule has 7 heteroatoms. The number of carbonyl (C=O) groups excluding carboxylic acids is 1. The van der Waals surface area contributed by atoms with Gasteiger partial charge in [-0.2, -0.15) is 0 Å². The Kier molecular flexibility index (Phi) is 11.5. The number of halogens is 1. The van der Waals surface area contributed by atoms with Crippen molar-refractivity contribution in [3.05, 3.63) is 0 Å². The van der Waals surface area contributed by atoms with E-state index in [4.69, 9.17) is 14.5 Å². The fourth-order valence-corrected chi connectivity index (χ4v) is 3.76. The van der Waals surface area contributed by atoms with Gasteiger partial charge in [-0.1, -0.05) is 26.2 Å². The number of likely N-dealkylation sites (tertiary alicyclic amines) is 1. The molecule has 0 amide bonds. The monoisotopic (exact) mass is 481 g/mol. The molecule has 1 saturated carbocycles. The predicted molar refractivity (Wildman–Crippen MR) is 115 cm³/mol. The van der Waals surface area contributed by atoms with E-state index in [1.165, 1.54) is 39.2 Å². The van der Waals surface area contributed by atoms with E-state index in [0.717, 1.165) is 38.6 Å². The molecule has 0 aromatic carbocycles. The number of nitrogens with one attached hydrogen (secondary N) is 1. The molecule has 26 heavy (non-hydrogen) atoms. The molecular formula is C19H36IN3O3. The third kappa shape index (κ3) is 7.21. The first-order valence-electron chi connectivity index (χ1n) is 9.88. The van der Waals surface area contributed by atoms with Gasteiger partial charge in [0.1, 0.15) is 0 Å². The van der Waals surface area contributed by atoms with Gasteiger partial charge in [-0.05, 0) is 32.1 Å². The zero-order valence-corrected chi connectivity index (χ0v) is 18.9. The van der Waals surface area contributed by atoms with Crippen LogP contribution in [0.15, 0.2) is 4.99 Å². The number of guanidine groups is 1. The standard InChI is InChI=1S/C19H35N3O3.HI/c1-4-20-19(22-13-15(2)17(14-22)18(23)24-3)21-11-8-12-25-16-9-6-5-7-10-16;/h15-17H,4-14H2,1-3H3,(H,20,21);1H. The highest BCUT2D eigenvalue weighted by molar-refractivity contribution is 14.0. The highest BCUT2D eigenvalue weighted by atomic mass is 127. The van der Waals surface area contributed by atoms with Crippen molar-refractivity contribution in [2.24, 2.45) is 16.8 Å². The number of carbonyl (C=O) groups is 1. The van der Waals surface area contributed by atoms with Crippen LogP contribution in [0.5, 0.6) is 0 Å². The van der Waals surface area contributed by atoms with Crippen molar-refractivity contribution in [1.29, 1.82) is 0 Å². The van der Waals surface area contributed by atoms with Gasteiger partial charge in [0.2, 0.25) is 0 Å². The molecule has 2 fully saturated rings. The van der Waals surface area contributed by atoms with E-state index in [0.29, 0.717) is 12.6 Å². The molecule has 1 saturated heterocycles. The summed E-state index contributed by atoms with van der Waals surface area (Å²) < 4.78 is 10.9. The van der Waals surface area contributed by atoms with Gasteiger partial charge in [0.25, 0.3) is 0 Å². The van der Waals surface area contributed by atoms with E-state index in [1.54, 1.807) is 0 Å². The van der Waals surface area contributed by atoms with Gasteiger partial charge < -0.3 is 19.7 Å². The van der Waals surface area contributed by atoms with Crippen LogP contribution in [0.25, 0.3) is 0 Å². The molecule has 1 N–H and O–H groups in total. The first-order chi connectivity index (χ1) is 12.2. The largest absolute Gasteiger partial charge is 0.469 e. The minimum Gasteiger partial charge on any atom is -0.469 e. The number of nitrogens with zero attached hydrogens (tertiary/aromatic N) is 2. The molecule has 2 aliphatic rings. The minimum absolute atomic E-state index is 0. The quantitative estimate of drug-likeness (QED) is 0.199. The van der Waals surface area contributed by atoms with Gasteiger partial charge in [-0.3, -0.25) is 9.79 Å². The van der Waals surface area contributed by atoms with E-state index in [9.17, 15) is 4.79 Å². The van der Waals surface area contributed by atoms with E-state index in [2.05, 4.69) is 24.1 Å². The molecule has 0 bridgehead atoms. The van der Waals surface area contributed by atoms with E-state index in [-0.39, 0.29) is 41.8 Å². The first-order valence-corrected chi connectivity index (χ1v) is 9.88. The average molecular weight is 481 g/mol. The number of methoxy groups -OCH3 is 1. The van der Waals surface area contributed by atoms with Crippen molar-refractivity contribution in [1.82, 2.24) is 10.2 Å². The summed E-state index contributed by atoms with van der Waals surface area (Å²) in [4.78, 5) is 18.8. The second-order valence-corrected chi connectivity index (χ2v) is 7.23. The molecule has 2 unspecified atom stereocenters. The van der Waals surface area contributed by atoms with Gasteiger partial charge in [0, 0.05) is 32.8 Å². The van der Waals surface area contributed by atoms with Gasteiger partial charge >= 0.3 is 5.97 Å². The second kappa shape index (κ2) is 12.8. The van der Waals surface area contributed by atoms with Crippen molar-refractivity contribution in [3.8, 4) is 0 Å². The smallest absolute Gasteiger partial charge is 0.310 e. The first kappa shape index (κ1) is 23.5. The van der Waals surface area contributed by atoms with Crippen LogP contribution in [-0.4, -0.2) is 62.8 Å². The predicted octanol–water partition coefficient (Wildman–Crippen LogP) is 3.05. The van der Waals surface area contributed by atoms with Crippen molar-refractivity contribution in [2.45, 2.75) is 58.5 Å². The zero-order valence-electron chi connectivity index (χ0n) is 16.5. The number of aliphatic imine (C=N–C) groups is 1. The summed E-state index contributed by atoms with van der Waals surface area (Å²) >= 11 is 0. The number of ether oxygens (including phenoxy) is 2. The Hall–Kier alpha value is -0.570. The molecular weight excluding hydrogens is 445 g/mol. The van der Waals surface area contributed by atoms with E-state index < -0.39 is 0 Å². The SMILES string of the molecule is CCNC(=NCCCOC1CCCCC1)N1CC(C)C(C(=O)OC)C1.I. The Labute approximate surface area is 175 Å². The Morgan fingerprint density at radius 3 is 2.62 bits per heavy atom. The maximum Gasteiger partial charge on any atom is 0.310 e. The summed E-state index contributed by atoms with van der Waals surface area (Å²) in [5.74, 6) is 1.000. The Morgan fingerprint density at radius 1 is 1.23 bits per heavy atom. The van der Waals surface area contributed by atoms with Crippen LogP contribution in [0.4, 0.5) is 0 Å². The lowest BCUT2D eigenvalue weighted by Gasteiger charge is -2.22. The summed E-state index contributed by atoms with van der Waals surface area (Å²) in [5.41, 5.74) is 0. The fraction of sp³-hybridized carbons (Fsp3) is 0.895. The summed E-state index contributed by atoms with van der Waals surface area (Å²) in [5, 5.41) is 3.35. The minimum atomic E-state index is -0.119. The lowest BCUT2D eigenvalue weighted by atomic mass is 9.98. The van der Waals surface area contributed by atoms with Crippen LogP contribution in [0, 0.1) is 11.8 Å². The Bertz CT molecular complexity index is 442. The molecule has 0 spiro atoms. The molecule has 1 aliphatic heterocycles. The number of esters is 1. The Balaban J connectivity index is 0.00000338. The molecule has 0 aromatic rings. The summed E-state index contributed by atoms with van der Waals surface area (Å²) in [7, 11) is 1.46. The van der Waals surface area contributed by atoms with Gasteiger partial charge in [-0.25, -0.2) is 0 Å². The van der Waals surface area contributed by atoms with Gasteiger partial charge in [-0.15, -0.1) is 24.0 Å². The highest BCUT2D eigenvalue weighted by Gasteiger charge is 2.36. The lowest BCUT2D eigenvalue weighted by Crippen LogP contribution is -2.40. The number of hydrogen-bond acceptors (Lipinski definition) is 4. The maximum atomic E-state index is 11.9. The maximum absolute atomic E-state index is 11.9. The van der Waals surface area contributed by atoms with Crippen LogP contribution in [0.3, 0.4) is 0 Å². The second-order valence-electron chi connectivity index (χ2n) is 7.23. The van der Waals surface area contributed by atoms with Crippen molar-refractivity contribution >= 4 is 35.9 Å². The van der Waals surface area contributed by atoms with Crippen molar-refractivity contribution in [3.63, 3.8) is 0 Å². The van der Waals surface area contributed by atoms with Crippen LogP contribution < -0.4 is 5.32 Å². The molecule has 0 aromatic heterocycles. The van der Waals surface area contributed by atoms with Crippen molar-refractivity contribution < 1.29 is 14.3 Å². The van der Waals surface area contributed by atoms with Crippen molar-refractivity contribution in [2.75, 3.05) is 39.9 Å². The normalized spacial score (nSPS) is 24.3. The lowest BCUT2D eigenvalue weighted by molar-refractivity contribution is -0.145. The van der Waals surface area contributed by atoms with Crippen LogP contribution in [0.1, 0.15) is 52.4 Å². The summed E-state index contributed by atoms with van der Waals surface area (Å²) in [6, 6.07) is 0. The van der Waals surface area contributed by atoms with Crippen LogP contribution in [-0.2, 0) is 14.3 Å². The molecule has 2 rings (SSSR count). The molecule has 6 nitrogen and oxygen atoms in total. The average Bonchev–Trinajstić information content (AvgIpc) is 3.02. The zero-order chi connectivity index (χ0) is 18.1. The topological polar surface area (TPSA) is 63.2 Å². The van der Waals surface area contributed by atoms with Crippen LogP contribution in [0.2, 0.25) is 0 Å². The highest BCUT2D eigenvalue weighted by Crippen LogP contribution is 2.24. The third-order valence-corrected chi connectivity index (χ3v) is 5.22. The summed E-state index contributed by atoms with van der Waals surface area (Å²) in [6.45, 7) is 8.05. The van der Waals surface area contributed by atoms with Gasteiger partial charge in [0.05, 0.1) is 19.1 Å². The Morgan fingerprint density at radius 2 is 1.96 bits per heavy atom. The summed E-state index contributed by atoms with van der Waals surface area (Å²) in [6.07, 6.45) is 7.81. The van der Waals surface area contributed by atoms with Crippen LogP contribution >= 0.6 is 24.0 Å². The van der Waals surface area contributed by atoms with Gasteiger partial charge in [0.15, 0.2) is 5.96 Å². The fourth-order valence-electron chi connectivity index (χ4n) is 3.76. The van der Waals surface area contributed by atoms with E-state index in [1.807, 2.05) is 0 Å². The van der Waals surface area contributed by atoms with E-state index >= 15 is 0 Å². The molecule has 0 radical (unpaired) electrons. The third-order valence-electron chi connectivity index (χ3n) is 5.22. The molecule has 152 valence electrons. The molecule has 1 aliphatic carbocycles. The molecule has 1 heterocycles. The number of rotatable bonds is 7. The molecule has 2 atom stereocenters.